The summed E-state index contributed by atoms with van der Waals surface area (Å²) in [6.45, 7) is 1.59. The maximum atomic E-state index is 12.2. The van der Waals surface area contributed by atoms with Gasteiger partial charge in [0.15, 0.2) is 0 Å². The second-order valence-corrected chi connectivity index (χ2v) is 6.95. The van der Waals surface area contributed by atoms with E-state index < -0.39 is 14.9 Å². The van der Waals surface area contributed by atoms with E-state index in [1.807, 2.05) is 0 Å². The van der Waals surface area contributed by atoms with Gasteiger partial charge in [-0.15, -0.1) is 0 Å². The van der Waals surface area contributed by atoms with E-state index in [4.69, 9.17) is 11.6 Å². The Hall–Kier alpha value is -2.03. The van der Waals surface area contributed by atoms with Gasteiger partial charge in [-0.25, -0.2) is 13.1 Å². The molecule has 0 aliphatic carbocycles. The summed E-state index contributed by atoms with van der Waals surface area (Å²) in [4.78, 5) is 14.2. The van der Waals surface area contributed by atoms with E-state index in [2.05, 4.69) is 9.71 Å². The van der Waals surface area contributed by atoms with Crippen LogP contribution in [0, 0.1) is 17.0 Å². The Morgan fingerprint density at radius 1 is 1.35 bits per heavy atom. The Bertz CT molecular complexity index is 825. The first-order valence-corrected chi connectivity index (χ1v) is 8.51. The topological polar surface area (TPSA) is 102 Å². The lowest BCUT2D eigenvalue weighted by atomic mass is 10.2. The molecule has 1 aromatic carbocycles. The fourth-order valence-corrected chi connectivity index (χ4v) is 3.28. The van der Waals surface area contributed by atoms with Gasteiger partial charge in [-0.05, 0) is 25.1 Å². The van der Waals surface area contributed by atoms with Crippen LogP contribution in [0.4, 0.5) is 5.69 Å². The van der Waals surface area contributed by atoms with Crippen LogP contribution in [0.1, 0.15) is 11.3 Å². The summed E-state index contributed by atoms with van der Waals surface area (Å²) < 4.78 is 26.9. The van der Waals surface area contributed by atoms with Gasteiger partial charge in [0.1, 0.15) is 0 Å². The smallest absolute Gasteiger partial charge is 0.261 e. The zero-order valence-corrected chi connectivity index (χ0v) is 13.8. The predicted molar refractivity (Wildman–Crippen MR) is 86.0 cm³/mol. The van der Waals surface area contributed by atoms with Crippen molar-refractivity contribution in [3.8, 4) is 0 Å². The minimum Gasteiger partial charge on any atom is -0.261 e. The van der Waals surface area contributed by atoms with Gasteiger partial charge in [-0.2, -0.15) is 0 Å². The zero-order valence-electron chi connectivity index (χ0n) is 12.2. The third-order valence-electron chi connectivity index (χ3n) is 3.20. The van der Waals surface area contributed by atoms with E-state index in [9.17, 15) is 18.5 Å². The third-order valence-corrected chi connectivity index (χ3v) is 5.03. The first-order chi connectivity index (χ1) is 10.8. The molecule has 0 saturated carbocycles. The molecular formula is C14H14ClN3O4S. The summed E-state index contributed by atoms with van der Waals surface area (Å²) in [6.07, 6.45) is 2.02. The predicted octanol–water partition coefficient (Wildman–Crippen LogP) is 2.47. The molecule has 0 bridgehead atoms. The normalized spacial score (nSPS) is 11.4. The number of halogens is 1. The van der Waals surface area contributed by atoms with Crippen molar-refractivity contribution in [1.82, 2.24) is 9.71 Å². The highest BCUT2D eigenvalue weighted by molar-refractivity contribution is 7.89. The van der Waals surface area contributed by atoms with Gasteiger partial charge in [0.2, 0.25) is 10.0 Å². The molecule has 23 heavy (non-hydrogen) atoms. The van der Waals surface area contributed by atoms with Crippen LogP contribution in [0.5, 0.6) is 0 Å². The molecule has 0 spiro atoms. The van der Waals surface area contributed by atoms with Crippen molar-refractivity contribution < 1.29 is 13.3 Å². The lowest BCUT2D eigenvalue weighted by Gasteiger charge is -2.08. The molecule has 2 rings (SSSR count). The Labute approximate surface area is 138 Å². The van der Waals surface area contributed by atoms with Crippen LogP contribution in [-0.2, 0) is 16.4 Å². The summed E-state index contributed by atoms with van der Waals surface area (Å²) in [7, 11) is -3.89. The fourth-order valence-electron chi connectivity index (χ4n) is 1.93. The molecule has 122 valence electrons. The summed E-state index contributed by atoms with van der Waals surface area (Å²) in [5.41, 5.74) is 0.634. The average Bonchev–Trinajstić information content (AvgIpc) is 2.50. The third kappa shape index (κ3) is 4.25. The molecule has 0 radical (unpaired) electrons. The lowest BCUT2D eigenvalue weighted by molar-refractivity contribution is -0.385. The van der Waals surface area contributed by atoms with Crippen molar-refractivity contribution >= 4 is 27.3 Å². The molecule has 7 nitrogen and oxygen atoms in total. The first-order valence-electron chi connectivity index (χ1n) is 6.65. The quantitative estimate of drug-likeness (QED) is 0.633. The molecule has 0 fully saturated rings. The number of hydrogen-bond acceptors (Lipinski definition) is 5. The highest BCUT2D eigenvalue weighted by Gasteiger charge is 2.22. The molecule has 0 aliphatic rings. The van der Waals surface area contributed by atoms with Gasteiger partial charge in [0.05, 0.1) is 14.8 Å². The number of nitrogens with zero attached hydrogens (tertiary/aromatic N) is 2. The largest absolute Gasteiger partial charge is 0.275 e. The minimum absolute atomic E-state index is 0.0318. The van der Waals surface area contributed by atoms with Gasteiger partial charge < -0.3 is 0 Å². The van der Waals surface area contributed by atoms with Gasteiger partial charge >= 0.3 is 0 Å². The van der Waals surface area contributed by atoms with E-state index in [0.717, 1.165) is 11.8 Å². The van der Waals surface area contributed by atoms with Crippen LogP contribution in [0.25, 0.3) is 0 Å². The summed E-state index contributed by atoms with van der Waals surface area (Å²) in [6, 6.07) is 7.56. The highest BCUT2D eigenvalue weighted by Crippen LogP contribution is 2.29. The standard InChI is InChI=1S/C14H14ClN3O4S/c1-10-13(15)8-12(9-14(10)18(19)20)23(21,22)17-7-5-11-4-2-3-6-16-11/h2-4,6,8-9,17H,5,7H2,1H3. The van der Waals surface area contributed by atoms with Gasteiger partial charge in [0, 0.05) is 36.5 Å². The van der Waals surface area contributed by atoms with Gasteiger partial charge in [-0.1, -0.05) is 17.7 Å². The summed E-state index contributed by atoms with van der Waals surface area (Å²) in [5, 5.41) is 11.0. The van der Waals surface area contributed by atoms with Crippen molar-refractivity contribution in [1.29, 1.82) is 0 Å². The number of rotatable bonds is 6. The van der Waals surface area contributed by atoms with Gasteiger partial charge in [-0.3, -0.25) is 15.1 Å². The maximum Gasteiger partial charge on any atom is 0.275 e. The lowest BCUT2D eigenvalue weighted by Crippen LogP contribution is -2.26. The highest BCUT2D eigenvalue weighted by atomic mass is 35.5. The van der Waals surface area contributed by atoms with E-state index in [-0.39, 0.29) is 27.7 Å². The molecule has 9 heteroatoms. The Morgan fingerprint density at radius 3 is 2.70 bits per heavy atom. The number of benzene rings is 1. The van der Waals surface area contributed by atoms with Crippen molar-refractivity contribution in [2.45, 2.75) is 18.2 Å². The second kappa shape index (κ2) is 7.03. The zero-order chi connectivity index (χ0) is 17.0. The van der Waals surface area contributed by atoms with Crippen LogP contribution < -0.4 is 4.72 Å². The molecule has 0 aliphatic heterocycles. The minimum atomic E-state index is -3.89. The number of aromatic nitrogens is 1. The fraction of sp³-hybridized carbons (Fsp3) is 0.214. The monoisotopic (exact) mass is 355 g/mol. The Morgan fingerprint density at radius 2 is 2.09 bits per heavy atom. The number of sulfonamides is 1. The molecule has 1 N–H and O–H groups in total. The van der Waals surface area contributed by atoms with Crippen LogP contribution in [0.2, 0.25) is 5.02 Å². The van der Waals surface area contributed by atoms with Crippen LogP contribution in [0.3, 0.4) is 0 Å². The molecular weight excluding hydrogens is 342 g/mol. The van der Waals surface area contributed by atoms with Crippen molar-refractivity contribution in [3.63, 3.8) is 0 Å². The van der Waals surface area contributed by atoms with E-state index in [1.54, 1.807) is 24.4 Å². The van der Waals surface area contributed by atoms with Crippen molar-refractivity contribution in [2.24, 2.45) is 0 Å². The van der Waals surface area contributed by atoms with Gasteiger partial charge in [0.25, 0.3) is 5.69 Å². The number of nitro groups is 1. The van der Waals surface area contributed by atoms with Crippen LogP contribution >= 0.6 is 11.6 Å². The average molecular weight is 356 g/mol. The molecule has 0 saturated heterocycles. The Kier molecular flexibility index (Phi) is 5.30. The Balaban J connectivity index is 2.18. The van der Waals surface area contributed by atoms with Crippen molar-refractivity contribution in [2.75, 3.05) is 6.54 Å². The number of hydrogen-bond donors (Lipinski definition) is 1. The number of nitrogens with one attached hydrogen (secondary N) is 1. The van der Waals surface area contributed by atoms with E-state index >= 15 is 0 Å². The summed E-state index contributed by atoms with van der Waals surface area (Å²) in [5.74, 6) is 0. The van der Waals surface area contributed by atoms with E-state index in [0.29, 0.717) is 6.42 Å². The second-order valence-electron chi connectivity index (χ2n) is 4.78. The molecule has 1 aromatic heterocycles. The molecule has 0 amide bonds. The summed E-state index contributed by atoms with van der Waals surface area (Å²) >= 11 is 5.89. The molecule has 1 heterocycles. The first kappa shape index (κ1) is 17.3. The number of pyridine rings is 1. The molecule has 0 atom stereocenters. The van der Waals surface area contributed by atoms with Crippen LogP contribution in [0.15, 0.2) is 41.4 Å². The number of nitro benzene ring substituents is 1. The van der Waals surface area contributed by atoms with E-state index in [1.165, 1.54) is 13.0 Å². The SMILES string of the molecule is Cc1c(Cl)cc(S(=O)(=O)NCCc2ccccn2)cc1[N+](=O)[O-]. The molecule has 0 unspecified atom stereocenters. The van der Waals surface area contributed by atoms with Crippen LogP contribution in [-0.4, -0.2) is 24.9 Å². The van der Waals surface area contributed by atoms with Crippen molar-refractivity contribution in [3.05, 3.63) is 62.9 Å². The molecule has 2 aromatic rings. The maximum absolute atomic E-state index is 12.2.